The molecule has 0 saturated heterocycles. The Hall–Kier alpha value is -3.59. The standard InChI is InChI=1S/C28H39N3O6/c1-27(2,3)30-24(34)23(20-10-8-7-9-11-20)31(16-17-32)25(35)22(29-26(36)37-28(4,5)6)18-19-12-14-21(33)15-13-19/h7-15,22-23,32-33H,16-18H2,1-6H3,(H,29,36)(H,30,34). The smallest absolute Gasteiger partial charge is 0.408 e. The summed E-state index contributed by atoms with van der Waals surface area (Å²) in [6.07, 6.45) is -0.716. The number of nitrogens with one attached hydrogen (secondary N) is 2. The summed E-state index contributed by atoms with van der Waals surface area (Å²) < 4.78 is 5.38. The van der Waals surface area contributed by atoms with E-state index in [2.05, 4.69) is 10.6 Å². The zero-order chi connectivity index (χ0) is 27.8. The first-order valence-electron chi connectivity index (χ1n) is 12.3. The monoisotopic (exact) mass is 513 g/mol. The van der Waals surface area contributed by atoms with Crippen molar-refractivity contribution in [3.63, 3.8) is 0 Å². The molecule has 0 aliphatic rings. The van der Waals surface area contributed by atoms with Gasteiger partial charge in [0, 0.05) is 18.5 Å². The number of carbonyl (C=O) groups excluding carboxylic acids is 3. The van der Waals surface area contributed by atoms with Crippen LogP contribution < -0.4 is 10.6 Å². The van der Waals surface area contributed by atoms with Crippen LogP contribution in [0.4, 0.5) is 4.79 Å². The number of carbonyl (C=O) groups is 3. The van der Waals surface area contributed by atoms with Gasteiger partial charge in [0.25, 0.3) is 0 Å². The minimum Gasteiger partial charge on any atom is -0.508 e. The van der Waals surface area contributed by atoms with Crippen LogP contribution in [0.25, 0.3) is 0 Å². The Morgan fingerprint density at radius 3 is 2.05 bits per heavy atom. The first-order chi connectivity index (χ1) is 17.2. The Morgan fingerprint density at radius 2 is 1.54 bits per heavy atom. The van der Waals surface area contributed by atoms with Crippen molar-refractivity contribution >= 4 is 17.9 Å². The average molecular weight is 514 g/mol. The highest BCUT2D eigenvalue weighted by Crippen LogP contribution is 2.24. The molecule has 0 radical (unpaired) electrons. The lowest BCUT2D eigenvalue weighted by molar-refractivity contribution is -0.143. The third-order valence-electron chi connectivity index (χ3n) is 5.16. The molecule has 2 aromatic rings. The van der Waals surface area contributed by atoms with Gasteiger partial charge in [-0.25, -0.2) is 4.79 Å². The van der Waals surface area contributed by atoms with Crippen molar-refractivity contribution < 1.29 is 29.3 Å². The number of hydrogen-bond acceptors (Lipinski definition) is 6. The summed E-state index contributed by atoms with van der Waals surface area (Å²) in [5.41, 5.74) is -0.128. The molecule has 202 valence electrons. The minimum atomic E-state index is -1.11. The van der Waals surface area contributed by atoms with Gasteiger partial charge in [-0.15, -0.1) is 0 Å². The topological polar surface area (TPSA) is 128 Å². The van der Waals surface area contributed by atoms with E-state index in [1.54, 1.807) is 63.2 Å². The number of phenolic OH excluding ortho intramolecular Hbond substituents is 1. The highest BCUT2D eigenvalue weighted by atomic mass is 16.6. The molecule has 0 aliphatic heterocycles. The first kappa shape index (κ1) is 29.6. The number of amides is 3. The van der Waals surface area contributed by atoms with Gasteiger partial charge in [-0.1, -0.05) is 42.5 Å². The van der Waals surface area contributed by atoms with Gasteiger partial charge in [-0.3, -0.25) is 9.59 Å². The van der Waals surface area contributed by atoms with E-state index < -0.39 is 47.7 Å². The SMILES string of the molecule is CC(C)(C)NC(=O)C(c1ccccc1)N(CCO)C(=O)C(Cc1ccc(O)cc1)NC(=O)OC(C)(C)C. The van der Waals surface area contributed by atoms with E-state index >= 15 is 0 Å². The molecule has 0 spiro atoms. The van der Waals surface area contributed by atoms with Crippen molar-refractivity contribution in [2.75, 3.05) is 13.2 Å². The summed E-state index contributed by atoms with van der Waals surface area (Å²) in [4.78, 5) is 41.5. The first-order valence-corrected chi connectivity index (χ1v) is 12.3. The van der Waals surface area contributed by atoms with Crippen LogP contribution in [-0.4, -0.2) is 63.4 Å². The van der Waals surface area contributed by atoms with Gasteiger partial charge in [0.1, 0.15) is 23.4 Å². The van der Waals surface area contributed by atoms with E-state index in [1.165, 1.54) is 17.0 Å². The molecule has 2 unspecified atom stereocenters. The highest BCUT2D eigenvalue weighted by Gasteiger charge is 2.37. The number of benzene rings is 2. The zero-order valence-electron chi connectivity index (χ0n) is 22.4. The maximum atomic E-state index is 14.0. The van der Waals surface area contributed by atoms with Crippen LogP contribution in [0.1, 0.15) is 58.7 Å². The molecule has 9 heteroatoms. The highest BCUT2D eigenvalue weighted by molar-refractivity contribution is 5.92. The van der Waals surface area contributed by atoms with Gasteiger partial charge in [-0.05, 0) is 64.8 Å². The normalized spacial score (nSPS) is 13.3. The Kier molecular flexibility index (Phi) is 10.1. The van der Waals surface area contributed by atoms with Gasteiger partial charge in [0.15, 0.2) is 0 Å². The van der Waals surface area contributed by atoms with Crippen LogP contribution >= 0.6 is 0 Å². The fourth-order valence-corrected chi connectivity index (χ4v) is 3.74. The second kappa shape index (κ2) is 12.6. The molecule has 0 saturated carbocycles. The van der Waals surface area contributed by atoms with Crippen LogP contribution in [0, 0.1) is 0 Å². The van der Waals surface area contributed by atoms with E-state index in [4.69, 9.17) is 4.74 Å². The number of aromatic hydroxyl groups is 1. The lowest BCUT2D eigenvalue weighted by Gasteiger charge is -2.35. The zero-order valence-corrected chi connectivity index (χ0v) is 22.4. The molecule has 9 nitrogen and oxygen atoms in total. The van der Waals surface area contributed by atoms with Crippen molar-refractivity contribution in [2.45, 2.75) is 71.2 Å². The van der Waals surface area contributed by atoms with Crippen LogP contribution in [0.3, 0.4) is 0 Å². The van der Waals surface area contributed by atoms with Crippen LogP contribution in [-0.2, 0) is 20.7 Å². The largest absolute Gasteiger partial charge is 0.508 e. The predicted molar refractivity (Wildman–Crippen MR) is 141 cm³/mol. The molecule has 2 rings (SSSR count). The van der Waals surface area contributed by atoms with Gasteiger partial charge in [-0.2, -0.15) is 0 Å². The number of aliphatic hydroxyl groups excluding tert-OH is 1. The third-order valence-corrected chi connectivity index (χ3v) is 5.16. The summed E-state index contributed by atoms with van der Waals surface area (Å²) in [7, 11) is 0. The summed E-state index contributed by atoms with van der Waals surface area (Å²) in [5, 5.41) is 25.1. The minimum absolute atomic E-state index is 0.0663. The molecular weight excluding hydrogens is 474 g/mol. The van der Waals surface area contributed by atoms with Crippen molar-refractivity contribution in [2.24, 2.45) is 0 Å². The molecule has 0 aromatic heterocycles. The number of ether oxygens (including phenoxy) is 1. The Balaban J connectivity index is 2.50. The molecule has 2 atom stereocenters. The molecule has 37 heavy (non-hydrogen) atoms. The van der Waals surface area contributed by atoms with Crippen LogP contribution in [0.15, 0.2) is 54.6 Å². The van der Waals surface area contributed by atoms with E-state index in [0.29, 0.717) is 11.1 Å². The molecular formula is C28H39N3O6. The molecule has 3 amide bonds. The van der Waals surface area contributed by atoms with E-state index in [1.807, 2.05) is 20.8 Å². The van der Waals surface area contributed by atoms with Crippen molar-refractivity contribution in [3.05, 3.63) is 65.7 Å². The number of aliphatic hydroxyl groups is 1. The van der Waals surface area contributed by atoms with Gasteiger partial charge in [0.05, 0.1) is 6.61 Å². The molecule has 0 heterocycles. The van der Waals surface area contributed by atoms with E-state index in [0.717, 1.165) is 0 Å². The maximum absolute atomic E-state index is 14.0. The predicted octanol–water partition coefficient (Wildman–Crippen LogP) is 3.30. The van der Waals surface area contributed by atoms with E-state index in [-0.39, 0.29) is 18.7 Å². The van der Waals surface area contributed by atoms with Gasteiger partial charge >= 0.3 is 6.09 Å². The van der Waals surface area contributed by atoms with Gasteiger partial charge < -0.3 is 30.5 Å². The molecule has 0 bridgehead atoms. The molecule has 4 N–H and O–H groups in total. The van der Waals surface area contributed by atoms with Crippen molar-refractivity contribution in [3.8, 4) is 5.75 Å². The number of hydrogen-bond donors (Lipinski definition) is 4. The quantitative estimate of drug-likeness (QED) is 0.407. The number of rotatable bonds is 9. The van der Waals surface area contributed by atoms with E-state index in [9.17, 15) is 24.6 Å². The summed E-state index contributed by atoms with van der Waals surface area (Å²) >= 11 is 0. The summed E-state index contributed by atoms with van der Waals surface area (Å²) in [6, 6.07) is 12.9. The Bertz CT molecular complexity index is 1040. The summed E-state index contributed by atoms with van der Waals surface area (Å²) in [6.45, 7) is 10.1. The fraction of sp³-hybridized carbons (Fsp3) is 0.464. The average Bonchev–Trinajstić information content (AvgIpc) is 2.77. The van der Waals surface area contributed by atoms with Crippen molar-refractivity contribution in [1.82, 2.24) is 15.5 Å². The number of alkyl carbamates (subject to hydrolysis) is 1. The van der Waals surface area contributed by atoms with Gasteiger partial charge in [0.2, 0.25) is 11.8 Å². The van der Waals surface area contributed by atoms with Crippen LogP contribution in [0.2, 0.25) is 0 Å². The number of nitrogens with zero attached hydrogens (tertiary/aromatic N) is 1. The lowest BCUT2D eigenvalue weighted by atomic mass is 9.99. The lowest BCUT2D eigenvalue weighted by Crippen LogP contribution is -2.55. The second-order valence-corrected chi connectivity index (χ2v) is 10.9. The second-order valence-electron chi connectivity index (χ2n) is 10.9. The molecule has 0 fully saturated rings. The Morgan fingerprint density at radius 1 is 0.946 bits per heavy atom. The Labute approximate surface area is 218 Å². The van der Waals surface area contributed by atoms with Crippen molar-refractivity contribution in [1.29, 1.82) is 0 Å². The maximum Gasteiger partial charge on any atom is 0.408 e. The van der Waals surface area contributed by atoms with Crippen LogP contribution in [0.5, 0.6) is 5.75 Å². The fourth-order valence-electron chi connectivity index (χ4n) is 3.74. The third kappa shape index (κ3) is 9.76. The number of phenols is 1. The summed E-state index contributed by atoms with van der Waals surface area (Å²) in [5.74, 6) is -0.913. The molecule has 2 aromatic carbocycles. The molecule has 0 aliphatic carbocycles.